The highest BCUT2D eigenvalue weighted by Gasteiger charge is 2.40. The third kappa shape index (κ3) is 3.76. The van der Waals surface area contributed by atoms with Crippen LogP contribution in [0.3, 0.4) is 0 Å². The van der Waals surface area contributed by atoms with Gasteiger partial charge in [0.2, 0.25) is 5.91 Å². The first-order valence-corrected chi connectivity index (χ1v) is 8.63. The fraction of sp³-hybridized carbons (Fsp3) is 0.556. The average molecular weight is 364 g/mol. The second kappa shape index (κ2) is 7.92. The number of ether oxygens (including phenoxy) is 4. The number of amides is 2. The molecule has 0 saturated carbocycles. The molecule has 0 aliphatic carbocycles. The van der Waals surface area contributed by atoms with Crippen molar-refractivity contribution in [2.75, 3.05) is 47.1 Å². The number of benzene rings is 1. The van der Waals surface area contributed by atoms with Crippen molar-refractivity contribution < 1.29 is 28.5 Å². The van der Waals surface area contributed by atoms with Crippen LogP contribution in [0.2, 0.25) is 0 Å². The van der Waals surface area contributed by atoms with Crippen LogP contribution >= 0.6 is 0 Å². The van der Waals surface area contributed by atoms with Crippen molar-refractivity contribution in [1.82, 2.24) is 10.2 Å². The Bertz CT molecular complexity index is 639. The van der Waals surface area contributed by atoms with Gasteiger partial charge in [-0.15, -0.1) is 0 Å². The molecular formula is C18H24N2O6. The van der Waals surface area contributed by atoms with Crippen LogP contribution in [-0.4, -0.2) is 69.6 Å². The van der Waals surface area contributed by atoms with Crippen LogP contribution in [0.25, 0.3) is 0 Å². The number of methoxy groups -OCH3 is 2. The van der Waals surface area contributed by atoms with Crippen LogP contribution in [0.1, 0.15) is 23.2 Å². The monoisotopic (exact) mass is 364 g/mol. The molecule has 3 rings (SSSR count). The zero-order chi connectivity index (χ0) is 18.6. The zero-order valence-electron chi connectivity index (χ0n) is 15.1. The fourth-order valence-electron chi connectivity index (χ4n) is 3.31. The first kappa shape index (κ1) is 18.5. The summed E-state index contributed by atoms with van der Waals surface area (Å²) in [6.07, 6.45) is 1.29. The molecule has 8 heteroatoms. The van der Waals surface area contributed by atoms with E-state index in [9.17, 15) is 9.59 Å². The van der Waals surface area contributed by atoms with Crippen molar-refractivity contribution in [1.29, 1.82) is 0 Å². The molecule has 1 spiro atoms. The number of carbonyl (C=O) groups is 2. The highest BCUT2D eigenvalue weighted by molar-refractivity contribution is 6.01. The molecule has 0 atom stereocenters. The molecule has 1 N–H and O–H groups in total. The Hall–Kier alpha value is -2.32. The van der Waals surface area contributed by atoms with Gasteiger partial charge in [0, 0.05) is 25.9 Å². The third-order valence-electron chi connectivity index (χ3n) is 4.75. The Morgan fingerprint density at radius 2 is 1.69 bits per heavy atom. The number of rotatable bonds is 5. The predicted molar refractivity (Wildman–Crippen MR) is 92.3 cm³/mol. The van der Waals surface area contributed by atoms with E-state index < -0.39 is 11.7 Å². The molecule has 1 aromatic carbocycles. The summed E-state index contributed by atoms with van der Waals surface area (Å²) in [7, 11) is 2.96. The normalized spacial score (nSPS) is 18.6. The number of hydrogen-bond acceptors (Lipinski definition) is 6. The first-order valence-electron chi connectivity index (χ1n) is 8.63. The SMILES string of the molecule is COc1cccc(OC)c1C(=O)NCC(=O)N1CCC2(CC1)OCCO2. The number of piperidine rings is 1. The van der Waals surface area contributed by atoms with Crippen LogP contribution in [0.15, 0.2) is 18.2 Å². The molecule has 2 saturated heterocycles. The molecule has 0 aromatic heterocycles. The Morgan fingerprint density at radius 3 is 2.23 bits per heavy atom. The zero-order valence-corrected chi connectivity index (χ0v) is 15.1. The minimum absolute atomic E-state index is 0.0885. The van der Waals surface area contributed by atoms with Gasteiger partial charge in [0.05, 0.1) is 34.0 Å². The Kier molecular flexibility index (Phi) is 5.63. The smallest absolute Gasteiger partial charge is 0.259 e. The summed E-state index contributed by atoms with van der Waals surface area (Å²) in [5.41, 5.74) is 0.274. The lowest BCUT2D eigenvalue weighted by Crippen LogP contribution is -2.49. The maximum atomic E-state index is 12.5. The average Bonchev–Trinajstić information content (AvgIpc) is 3.13. The first-order chi connectivity index (χ1) is 12.6. The van der Waals surface area contributed by atoms with E-state index in [4.69, 9.17) is 18.9 Å². The maximum absolute atomic E-state index is 12.5. The fourth-order valence-corrected chi connectivity index (χ4v) is 3.31. The molecule has 1 aromatic rings. The van der Waals surface area contributed by atoms with Crippen LogP contribution < -0.4 is 14.8 Å². The number of carbonyl (C=O) groups excluding carboxylic acids is 2. The van der Waals surface area contributed by atoms with E-state index in [1.165, 1.54) is 14.2 Å². The molecular weight excluding hydrogens is 340 g/mol. The van der Waals surface area contributed by atoms with Crippen molar-refractivity contribution in [3.8, 4) is 11.5 Å². The summed E-state index contributed by atoms with van der Waals surface area (Å²) in [6, 6.07) is 5.08. The molecule has 2 heterocycles. The standard InChI is InChI=1S/C18H24N2O6/c1-23-13-4-3-5-14(24-2)16(13)17(22)19-12-15(21)20-8-6-18(7-9-20)25-10-11-26-18/h3-5H,6-12H2,1-2H3,(H,19,22). The summed E-state index contributed by atoms with van der Waals surface area (Å²) >= 11 is 0. The van der Waals surface area contributed by atoms with Crippen molar-refractivity contribution in [2.45, 2.75) is 18.6 Å². The van der Waals surface area contributed by atoms with Crippen LogP contribution in [0.4, 0.5) is 0 Å². The Morgan fingerprint density at radius 1 is 1.12 bits per heavy atom. The van der Waals surface area contributed by atoms with E-state index in [-0.39, 0.29) is 18.0 Å². The lowest BCUT2D eigenvalue weighted by atomic mass is 10.0. The molecule has 2 fully saturated rings. The lowest BCUT2D eigenvalue weighted by Gasteiger charge is -2.37. The van der Waals surface area contributed by atoms with E-state index in [1.54, 1.807) is 23.1 Å². The van der Waals surface area contributed by atoms with Gasteiger partial charge in [0.1, 0.15) is 17.1 Å². The third-order valence-corrected chi connectivity index (χ3v) is 4.75. The quantitative estimate of drug-likeness (QED) is 0.832. The number of nitrogens with zero attached hydrogens (tertiary/aromatic N) is 1. The molecule has 8 nitrogen and oxygen atoms in total. The van der Waals surface area contributed by atoms with Gasteiger partial charge >= 0.3 is 0 Å². The van der Waals surface area contributed by atoms with Crippen LogP contribution in [0.5, 0.6) is 11.5 Å². The van der Waals surface area contributed by atoms with Gasteiger partial charge in [-0.3, -0.25) is 9.59 Å². The predicted octanol–water partition coefficient (Wildman–Crippen LogP) is 0.799. The van der Waals surface area contributed by atoms with Gasteiger partial charge in [-0.2, -0.15) is 0 Å². The van der Waals surface area contributed by atoms with Crippen LogP contribution in [0, 0.1) is 0 Å². The summed E-state index contributed by atoms with van der Waals surface area (Å²) in [5, 5.41) is 2.65. The van der Waals surface area contributed by atoms with Gasteiger partial charge in [0.25, 0.3) is 5.91 Å². The molecule has 142 valence electrons. The minimum atomic E-state index is -0.523. The van der Waals surface area contributed by atoms with Gasteiger partial charge < -0.3 is 29.2 Å². The molecule has 2 aliphatic heterocycles. The summed E-state index contributed by atoms with van der Waals surface area (Å²) < 4.78 is 21.8. The maximum Gasteiger partial charge on any atom is 0.259 e. The largest absolute Gasteiger partial charge is 0.496 e. The van der Waals surface area contributed by atoms with Crippen molar-refractivity contribution >= 4 is 11.8 Å². The molecule has 0 unspecified atom stereocenters. The van der Waals surface area contributed by atoms with Crippen molar-refractivity contribution in [2.24, 2.45) is 0 Å². The van der Waals surface area contributed by atoms with E-state index >= 15 is 0 Å². The molecule has 0 radical (unpaired) electrons. The van der Waals surface area contributed by atoms with E-state index in [0.717, 1.165) is 0 Å². The number of likely N-dealkylation sites (tertiary alicyclic amines) is 1. The van der Waals surface area contributed by atoms with Crippen molar-refractivity contribution in [3.05, 3.63) is 23.8 Å². The minimum Gasteiger partial charge on any atom is -0.496 e. The van der Waals surface area contributed by atoms with Gasteiger partial charge in [-0.1, -0.05) is 6.07 Å². The van der Waals surface area contributed by atoms with Gasteiger partial charge in [0.15, 0.2) is 5.79 Å². The second-order valence-electron chi connectivity index (χ2n) is 6.21. The highest BCUT2D eigenvalue weighted by Crippen LogP contribution is 2.31. The highest BCUT2D eigenvalue weighted by atomic mass is 16.7. The molecule has 0 bridgehead atoms. The lowest BCUT2D eigenvalue weighted by molar-refractivity contribution is -0.187. The van der Waals surface area contributed by atoms with Gasteiger partial charge in [-0.05, 0) is 12.1 Å². The summed E-state index contributed by atoms with van der Waals surface area (Å²) in [5.74, 6) is -0.289. The topological polar surface area (TPSA) is 86.3 Å². The molecule has 2 amide bonds. The van der Waals surface area contributed by atoms with E-state index in [2.05, 4.69) is 5.32 Å². The summed E-state index contributed by atoms with van der Waals surface area (Å²) in [4.78, 5) is 26.6. The molecule has 26 heavy (non-hydrogen) atoms. The molecule has 2 aliphatic rings. The van der Waals surface area contributed by atoms with E-state index in [0.29, 0.717) is 50.6 Å². The number of nitrogens with one attached hydrogen (secondary N) is 1. The van der Waals surface area contributed by atoms with Crippen LogP contribution in [-0.2, 0) is 14.3 Å². The van der Waals surface area contributed by atoms with E-state index in [1.807, 2.05) is 0 Å². The Labute approximate surface area is 152 Å². The second-order valence-corrected chi connectivity index (χ2v) is 6.21. The Balaban J connectivity index is 1.56. The summed E-state index contributed by atoms with van der Waals surface area (Å²) in [6.45, 7) is 2.21. The van der Waals surface area contributed by atoms with Crippen molar-refractivity contribution in [3.63, 3.8) is 0 Å². The number of hydrogen-bond donors (Lipinski definition) is 1. The van der Waals surface area contributed by atoms with Gasteiger partial charge in [-0.25, -0.2) is 0 Å².